The average Bonchev–Trinajstić information content (AvgIpc) is 2.27. The zero-order chi connectivity index (χ0) is 10.6. The van der Waals surface area contributed by atoms with Crippen LogP contribution in [0.4, 0.5) is 0 Å². The van der Waals surface area contributed by atoms with Crippen LogP contribution in [0.25, 0.3) is 0 Å². The molecule has 0 saturated heterocycles. The summed E-state index contributed by atoms with van der Waals surface area (Å²) < 4.78 is 5.00. The molecular weight excluding hydrogens is 178 g/mol. The van der Waals surface area contributed by atoms with Gasteiger partial charge in [0.1, 0.15) is 5.75 Å². The van der Waals surface area contributed by atoms with Gasteiger partial charge < -0.3 is 9.64 Å². The maximum atomic E-state index is 11.6. The molecule has 0 heterocycles. The lowest BCUT2D eigenvalue weighted by Crippen LogP contribution is -2.26. The topological polar surface area (TPSA) is 29.5 Å². The molecule has 0 aliphatic carbocycles. The molecule has 1 rings (SSSR count). The molecule has 0 saturated carbocycles. The monoisotopic (exact) mass is 192 g/mol. The molecule has 1 aromatic rings. The third-order valence-electron chi connectivity index (χ3n) is 2.02. The highest BCUT2D eigenvalue weighted by Crippen LogP contribution is 2.12. The molecule has 3 heteroatoms. The van der Waals surface area contributed by atoms with Crippen LogP contribution in [0.5, 0.6) is 5.75 Å². The third-order valence-corrected chi connectivity index (χ3v) is 2.02. The molecule has 1 amide bonds. The average molecular weight is 192 g/mol. The Labute approximate surface area is 84.3 Å². The molecule has 0 bridgehead atoms. The van der Waals surface area contributed by atoms with E-state index in [0.717, 1.165) is 5.75 Å². The fourth-order valence-electron chi connectivity index (χ4n) is 1.06. The molecule has 14 heavy (non-hydrogen) atoms. The first-order chi connectivity index (χ1) is 6.69. The van der Waals surface area contributed by atoms with Crippen molar-refractivity contribution in [3.63, 3.8) is 0 Å². The first-order valence-corrected chi connectivity index (χ1v) is 4.37. The number of nitrogens with zero attached hydrogens (tertiary/aromatic N) is 1. The van der Waals surface area contributed by atoms with Gasteiger partial charge in [-0.25, -0.2) is 0 Å². The lowest BCUT2D eigenvalue weighted by atomic mass is 10.2. The van der Waals surface area contributed by atoms with Crippen LogP contribution < -0.4 is 4.74 Å². The Balaban J connectivity index is 2.81. The van der Waals surface area contributed by atoms with E-state index in [9.17, 15) is 4.79 Å². The van der Waals surface area contributed by atoms with Crippen molar-refractivity contribution in [2.45, 2.75) is 0 Å². The van der Waals surface area contributed by atoms with Crippen molar-refractivity contribution in [1.82, 2.24) is 4.90 Å². The fourth-order valence-corrected chi connectivity index (χ4v) is 1.06. The summed E-state index contributed by atoms with van der Waals surface area (Å²) in [7, 11) is 3.32. The summed E-state index contributed by atoms with van der Waals surface area (Å²) >= 11 is 0. The van der Waals surface area contributed by atoms with Crippen LogP contribution in [-0.4, -0.2) is 31.5 Å². The molecule has 75 valence electrons. The maximum Gasteiger partial charge on any atom is 0.253 e. The highest BCUT2D eigenvalue weighted by molar-refractivity contribution is 5.94. The molecule has 1 aromatic carbocycles. The second-order valence-corrected chi connectivity index (χ2v) is 2.96. The van der Waals surface area contributed by atoms with Gasteiger partial charge in [0.25, 0.3) is 5.91 Å². The Bertz CT molecular complexity index is 306. The van der Waals surface area contributed by atoms with Gasteiger partial charge in [-0.15, -0.1) is 0 Å². The number of carbonyl (C=O) groups excluding carboxylic acids is 1. The molecule has 0 aromatic heterocycles. The van der Waals surface area contributed by atoms with E-state index in [1.165, 1.54) is 0 Å². The van der Waals surface area contributed by atoms with Crippen molar-refractivity contribution >= 4 is 5.91 Å². The number of amides is 1. The van der Waals surface area contributed by atoms with E-state index in [-0.39, 0.29) is 5.91 Å². The second-order valence-electron chi connectivity index (χ2n) is 2.96. The summed E-state index contributed by atoms with van der Waals surface area (Å²) in [5.74, 6) is 0.724. The van der Waals surface area contributed by atoms with Crippen molar-refractivity contribution in [1.29, 1.82) is 0 Å². The van der Waals surface area contributed by atoms with Crippen LogP contribution in [-0.2, 0) is 0 Å². The number of carbonyl (C=O) groups is 1. The standard InChI is InChI=1S/C11H14NO2/c1-4-12(2)11(13)9-5-7-10(14-3)8-6-9/h5-8H,1,4H2,2-3H3. The van der Waals surface area contributed by atoms with E-state index in [1.807, 2.05) is 0 Å². The van der Waals surface area contributed by atoms with E-state index in [2.05, 4.69) is 6.92 Å². The van der Waals surface area contributed by atoms with Crippen LogP contribution in [0.3, 0.4) is 0 Å². The van der Waals surface area contributed by atoms with E-state index in [1.54, 1.807) is 43.3 Å². The minimum absolute atomic E-state index is 0.0253. The molecule has 0 aliphatic heterocycles. The molecule has 0 spiro atoms. The third kappa shape index (κ3) is 2.25. The molecular formula is C11H14NO2. The summed E-state index contributed by atoms with van der Waals surface area (Å²) in [5, 5.41) is 0. The first kappa shape index (κ1) is 10.6. The number of hydrogen-bond acceptors (Lipinski definition) is 2. The second kappa shape index (κ2) is 4.65. The minimum atomic E-state index is -0.0253. The number of methoxy groups -OCH3 is 1. The summed E-state index contributed by atoms with van der Waals surface area (Å²) in [5.41, 5.74) is 0.650. The zero-order valence-electron chi connectivity index (χ0n) is 8.49. The van der Waals surface area contributed by atoms with E-state index in [0.29, 0.717) is 12.1 Å². The number of ether oxygens (including phenoxy) is 1. The van der Waals surface area contributed by atoms with Gasteiger partial charge in [0, 0.05) is 19.2 Å². The van der Waals surface area contributed by atoms with Gasteiger partial charge in [-0.05, 0) is 31.2 Å². The van der Waals surface area contributed by atoms with Crippen molar-refractivity contribution in [3.05, 3.63) is 36.8 Å². The van der Waals surface area contributed by atoms with Crippen LogP contribution in [0.1, 0.15) is 10.4 Å². The molecule has 3 nitrogen and oxygen atoms in total. The van der Waals surface area contributed by atoms with Gasteiger partial charge in [0.2, 0.25) is 0 Å². The normalized spacial score (nSPS) is 9.64. The predicted molar refractivity (Wildman–Crippen MR) is 55.3 cm³/mol. The molecule has 0 N–H and O–H groups in total. The number of hydrogen-bond donors (Lipinski definition) is 0. The van der Waals surface area contributed by atoms with E-state index in [4.69, 9.17) is 4.74 Å². The van der Waals surface area contributed by atoms with Gasteiger partial charge in [0.05, 0.1) is 7.11 Å². The van der Waals surface area contributed by atoms with Crippen molar-refractivity contribution < 1.29 is 9.53 Å². The highest BCUT2D eigenvalue weighted by atomic mass is 16.5. The number of benzene rings is 1. The van der Waals surface area contributed by atoms with Crippen LogP contribution in [0, 0.1) is 6.92 Å². The maximum absolute atomic E-state index is 11.6. The summed E-state index contributed by atoms with van der Waals surface area (Å²) in [6.07, 6.45) is 0. The largest absolute Gasteiger partial charge is 0.497 e. The quantitative estimate of drug-likeness (QED) is 0.728. The summed E-state index contributed by atoms with van der Waals surface area (Å²) in [6.45, 7) is 4.11. The molecule has 0 unspecified atom stereocenters. The first-order valence-electron chi connectivity index (χ1n) is 4.37. The van der Waals surface area contributed by atoms with Crippen molar-refractivity contribution in [2.75, 3.05) is 20.7 Å². The van der Waals surface area contributed by atoms with Gasteiger partial charge in [0.15, 0.2) is 0 Å². The fraction of sp³-hybridized carbons (Fsp3) is 0.273. The lowest BCUT2D eigenvalue weighted by molar-refractivity contribution is 0.0809. The molecule has 0 atom stereocenters. The SMILES string of the molecule is [CH2]CN(C)C(=O)c1ccc(OC)cc1. The van der Waals surface area contributed by atoms with E-state index < -0.39 is 0 Å². The minimum Gasteiger partial charge on any atom is -0.497 e. The summed E-state index contributed by atoms with van der Waals surface area (Å²) in [4.78, 5) is 13.2. The van der Waals surface area contributed by atoms with Gasteiger partial charge in [-0.3, -0.25) is 4.79 Å². The smallest absolute Gasteiger partial charge is 0.253 e. The Kier molecular flexibility index (Phi) is 3.51. The van der Waals surface area contributed by atoms with Gasteiger partial charge in [-0.1, -0.05) is 0 Å². The van der Waals surface area contributed by atoms with Gasteiger partial charge in [-0.2, -0.15) is 0 Å². The molecule has 0 fully saturated rings. The van der Waals surface area contributed by atoms with Crippen LogP contribution >= 0.6 is 0 Å². The Hall–Kier alpha value is -1.51. The lowest BCUT2D eigenvalue weighted by Gasteiger charge is -2.14. The highest BCUT2D eigenvalue weighted by Gasteiger charge is 2.08. The van der Waals surface area contributed by atoms with Gasteiger partial charge >= 0.3 is 0 Å². The summed E-state index contributed by atoms with van der Waals surface area (Å²) in [6, 6.07) is 7.02. The van der Waals surface area contributed by atoms with Crippen molar-refractivity contribution in [3.8, 4) is 5.75 Å². The van der Waals surface area contributed by atoms with Crippen LogP contribution in [0.15, 0.2) is 24.3 Å². The Morgan fingerprint density at radius 3 is 2.43 bits per heavy atom. The molecule has 0 aliphatic rings. The van der Waals surface area contributed by atoms with Crippen LogP contribution in [0.2, 0.25) is 0 Å². The zero-order valence-corrected chi connectivity index (χ0v) is 8.49. The number of rotatable bonds is 3. The predicted octanol–water partition coefficient (Wildman–Crippen LogP) is 1.60. The van der Waals surface area contributed by atoms with Crippen molar-refractivity contribution in [2.24, 2.45) is 0 Å². The molecule has 1 radical (unpaired) electrons. The Morgan fingerprint density at radius 1 is 1.43 bits per heavy atom. The van der Waals surface area contributed by atoms with E-state index >= 15 is 0 Å². The Morgan fingerprint density at radius 2 is 2.00 bits per heavy atom.